The number of carbonyl (C=O) groups excluding carboxylic acids is 1. The van der Waals surface area contributed by atoms with E-state index >= 15 is 0 Å². The summed E-state index contributed by atoms with van der Waals surface area (Å²) in [6, 6.07) is 0. The molecule has 2 aliphatic heterocycles. The highest BCUT2D eigenvalue weighted by Gasteiger charge is 2.55. The van der Waals surface area contributed by atoms with Crippen molar-refractivity contribution in [3.8, 4) is 0 Å². The smallest absolute Gasteiger partial charge is 0.340 e. The van der Waals surface area contributed by atoms with E-state index in [-0.39, 0.29) is 24.4 Å². The molecule has 2 saturated heterocycles. The Balaban J connectivity index is 2.31. The lowest BCUT2D eigenvalue weighted by Gasteiger charge is -2.50. The lowest BCUT2D eigenvalue weighted by atomic mass is 9.74. The fourth-order valence-electron chi connectivity index (χ4n) is 2.57. The molecule has 0 aliphatic carbocycles. The van der Waals surface area contributed by atoms with E-state index in [1.807, 2.05) is 13.8 Å². The highest BCUT2D eigenvalue weighted by Crippen LogP contribution is 2.41. The van der Waals surface area contributed by atoms with Crippen LogP contribution in [-0.4, -0.2) is 44.3 Å². The van der Waals surface area contributed by atoms with Gasteiger partial charge in [0.25, 0.3) is 0 Å². The van der Waals surface area contributed by atoms with Crippen LogP contribution in [0, 0.1) is 5.41 Å². The highest BCUT2D eigenvalue weighted by molar-refractivity contribution is 5.76. The van der Waals surface area contributed by atoms with E-state index in [1.54, 1.807) is 13.2 Å². The van der Waals surface area contributed by atoms with Crippen LogP contribution < -0.4 is 0 Å². The van der Waals surface area contributed by atoms with Gasteiger partial charge >= 0.3 is 5.97 Å². The second-order valence-electron chi connectivity index (χ2n) is 4.90. The van der Waals surface area contributed by atoms with Gasteiger partial charge in [0.05, 0.1) is 12.2 Å². The van der Waals surface area contributed by atoms with Crippen LogP contribution in [0.4, 0.5) is 0 Å². The zero-order valence-corrected chi connectivity index (χ0v) is 10.3. The molecule has 0 aromatic heterocycles. The Morgan fingerprint density at radius 3 is 2.82 bits per heavy atom. The molecule has 0 bridgehead atoms. The first kappa shape index (κ1) is 12.5. The number of ether oxygens (including phenoxy) is 4. The molecule has 4 atom stereocenters. The molecule has 0 unspecified atom stereocenters. The van der Waals surface area contributed by atoms with Crippen molar-refractivity contribution in [2.45, 2.75) is 38.3 Å². The number of carbonyl (C=O) groups is 1. The van der Waals surface area contributed by atoms with Crippen molar-refractivity contribution in [3.05, 3.63) is 12.7 Å². The largest absolute Gasteiger partial charge is 0.436 e. The van der Waals surface area contributed by atoms with E-state index in [0.717, 1.165) is 0 Å². The van der Waals surface area contributed by atoms with Crippen LogP contribution in [0.5, 0.6) is 0 Å². The minimum atomic E-state index is -0.732. The number of hydrogen-bond donors (Lipinski definition) is 0. The molecule has 5 heteroatoms. The number of rotatable bonds is 2. The molecule has 17 heavy (non-hydrogen) atoms. The zero-order valence-electron chi connectivity index (χ0n) is 10.3. The molecule has 0 amide bonds. The van der Waals surface area contributed by atoms with Gasteiger partial charge in [0.2, 0.25) is 0 Å². The molecule has 0 radical (unpaired) electrons. The Hall–Kier alpha value is -0.910. The number of fused-ring (bicyclic) bond motifs is 1. The van der Waals surface area contributed by atoms with Gasteiger partial charge in [-0.25, -0.2) is 4.79 Å². The summed E-state index contributed by atoms with van der Waals surface area (Å²) in [5.41, 5.74) is -0.310. The fourth-order valence-corrected chi connectivity index (χ4v) is 2.57. The maximum atomic E-state index is 11.6. The van der Waals surface area contributed by atoms with Crippen molar-refractivity contribution in [1.82, 2.24) is 0 Å². The van der Waals surface area contributed by atoms with Crippen LogP contribution in [0.3, 0.4) is 0 Å². The quantitative estimate of drug-likeness (QED) is 0.531. The lowest BCUT2D eigenvalue weighted by Crippen LogP contribution is -2.64. The van der Waals surface area contributed by atoms with Gasteiger partial charge in [-0.3, -0.25) is 0 Å². The predicted octanol–water partition coefficient (Wildman–Crippen LogP) is 0.880. The first-order chi connectivity index (χ1) is 8.02. The second-order valence-corrected chi connectivity index (χ2v) is 4.90. The molecule has 2 rings (SSSR count). The summed E-state index contributed by atoms with van der Waals surface area (Å²) in [6.07, 6.45) is 0.0154. The maximum Gasteiger partial charge on any atom is 0.340 e. The molecule has 0 aromatic carbocycles. The van der Waals surface area contributed by atoms with Gasteiger partial charge in [-0.1, -0.05) is 19.9 Å². The third-order valence-corrected chi connectivity index (χ3v) is 3.52. The Kier molecular flexibility index (Phi) is 3.25. The SMILES string of the molecule is C=C[C@@H]1O[C@H]2C(=O)OCO[C@H]2[C@H](OC)C1(C)C. The van der Waals surface area contributed by atoms with Gasteiger partial charge in [-0.05, 0) is 0 Å². The van der Waals surface area contributed by atoms with Crippen LogP contribution in [-0.2, 0) is 23.7 Å². The lowest BCUT2D eigenvalue weighted by molar-refractivity contribution is -0.281. The Labute approximate surface area is 101 Å². The molecular formula is C12H18O5. The molecule has 0 aromatic rings. The topological polar surface area (TPSA) is 54.0 Å². The molecule has 0 spiro atoms. The standard InChI is InChI=1S/C12H18O5/c1-5-7-12(2,3)10(14-4)8-9(17-7)11(13)16-6-15-8/h5,7-10H,1,6H2,2-4H3/t7-,8+,9+,10-/m0/s1. The molecule has 5 nitrogen and oxygen atoms in total. The number of esters is 1. The van der Waals surface area contributed by atoms with Gasteiger partial charge in [-0.2, -0.15) is 0 Å². The minimum Gasteiger partial charge on any atom is -0.436 e. The molecule has 96 valence electrons. The summed E-state index contributed by atoms with van der Waals surface area (Å²) < 4.78 is 21.5. The van der Waals surface area contributed by atoms with E-state index in [9.17, 15) is 4.79 Å². The first-order valence-corrected chi connectivity index (χ1v) is 5.61. The van der Waals surface area contributed by atoms with Crippen molar-refractivity contribution < 1.29 is 23.7 Å². The van der Waals surface area contributed by atoms with Crippen LogP contribution in [0.2, 0.25) is 0 Å². The summed E-state index contributed by atoms with van der Waals surface area (Å²) >= 11 is 0. The van der Waals surface area contributed by atoms with Crippen molar-refractivity contribution in [2.24, 2.45) is 5.41 Å². The van der Waals surface area contributed by atoms with E-state index in [4.69, 9.17) is 18.9 Å². The minimum absolute atomic E-state index is 0.0436. The summed E-state index contributed by atoms with van der Waals surface area (Å²) in [5.74, 6) is -0.398. The summed E-state index contributed by atoms with van der Waals surface area (Å²) in [5, 5.41) is 0. The molecule has 2 aliphatic rings. The predicted molar refractivity (Wildman–Crippen MR) is 59.3 cm³/mol. The van der Waals surface area contributed by atoms with Gasteiger partial charge in [0, 0.05) is 12.5 Å². The third-order valence-electron chi connectivity index (χ3n) is 3.52. The maximum absolute atomic E-state index is 11.6. The monoisotopic (exact) mass is 242 g/mol. The van der Waals surface area contributed by atoms with Crippen molar-refractivity contribution >= 4 is 5.97 Å². The Morgan fingerprint density at radius 1 is 1.53 bits per heavy atom. The highest BCUT2D eigenvalue weighted by atomic mass is 16.7. The zero-order chi connectivity index (χ0) is 12.6. The van der Waals surface area contributed by atoms with E-state index < -0.39 is 18.2 Å². The second kappa shape index (κ2) is 4.40. The number of hydrogen-bond acceptors (Lipinski definition) is 5. The van der Waals surface area contributed by atoms with Crippen LogP contribution in [0.25, 0.3) is 0 Å². The Bertz CT molecular complexity index is 325. The van der Waals surface area contributed by atoms with Gasteiger partial charge in [-0.15, -0.1) is 6.58 Å². The van der Waals surface area contributed by atoms with Crippen molar-refractivity contribution in [1.29, 1.82) is 0 Å². The van der Waals surface area contributed by atoms with E-state index in [1.165, 1.54) is 0 Å². The summed E-state index contributed by atoms with van der Waals surface area (Å²) in [6.45, 7) is 7.71. The molecule has 0 N–H and O–H groups in total. The normalized spacial score (nSPS) is 40.3. The first-order valence-electron chi connectivity index (χ1n) is 5.61. The van der Waals surface area contributed by atoms with Crippen LogP contribution >= 0.6 is 0 Å². The van der Waals surface area contributed by atoms with Gasteiger partial charge < -0.3 is 18.9 Å². The average Bonchev–Trinajstić information content (AvgIpc) is 2.28. The van der Waals surface area contributed by atoms with Crippen molar-refractivity contribution in [2.75, 3.05) is 13.9 Å². The number of cyclic esters (lactones) is 1. The van der Waals surface area contributed by atoms with E-state index in [2.05, 4.69) is 6.58 Å². The molecule has 2 fully saturated rings. The molecule has 2 heterocycles. The van der Waals surface area contributed by atoms with Crippen LogP contribution in [0.1, 0.15) is 13.8 Å². The van der Waals surface area contributed by atoms with Gasteiger partial charge in [0.1, 0.15) is 6.10 Å². The summed E-state index contributed by atoms with van der Waals surface area (Å²) in [7, 11) is 1.61. The fraction of sp³-hybridized carbons (Fsp3) is 0.750. The summed E-state index contributed by atoms with van der Waals surface area (Å²) in [4.78, 5) is 11.6. The Morgan fingerprint density at radius 2 is 2.24 bits per heavy atom. The number of methoxy groups -OCH3 is 1. The average molecular weight is 242 g/mol. The van der Waals surface area contributed by atoms with E-state index in [0.29, 0.717) is 0 Å². The van der Waals surface area contributed by atoms with Crippen LogP contribution in [0.15, 0.2) is 12.7 Å². The molecular weight excluding hydrogens is 224 g/mol. The molecule has 0 saturated carbocycles. The third kappa shape index (κ3) is 1.88. The van der Waals surface area contributed by atoms with Gasteiger partial charge in [0.15, 0.2) is 12.9 Å². The van der Waals surface area contributed by atoms with Crippen molar-refractivity contribution in [3.63, 3.8) is 0 Å².